The van der Waals surface area contributed by atoms with Crippen LogP contribution in [0, 0.1) is 0 Å². The Hall–Kier alpha value is -1.93. The molecule has 0 saturated carbocycles. The second-order valence-corrected chi connectivity index (χ2v) is 8.03. The van der Waals surface area contributed by atoms with Gasteiger partial charge in [-0.2, -0.15) is 0 Å². The molecule has 1 aliphatic rings. The first kappa shape index (κ1) is 18.8. The van der Waals surface area contributed by atoms with Crippen molar-refractivity contribution in [1.82, 2.24) is 9.80 Å². The van der Waals surface area contributed by atoms with Crippen molar-refractivity contribution in [3.05, 3.63) is 60.2 Å². The molecule has 1 aliphatic heterocycles. The molecule has 2 aromatic carbocycles. The molecule has 0 aromatic heterocycles. The number of piperazine rings is 1. The maximum absolute atomic E-state index is 11.2. The topological polar surface area (TPSA) is 75.9 Å². The lowest BCUT2D eigenvalue weighted by molar-refractivity contribution is 0.112. The van der Waals surface area contributed by atoms with E-state index in [9.17, 15) is 8.42 Å². The van der Waals surface area contributed by atoms with Crippen LogP contribution in [-0.2, 0) is 16.6 Å². The van der Waals surface area contributed by atoms with Gasteiger partial charge in [-0.1, -0.05) is 30.3 Å². The lowest BCUT2D eigenvalue weighted by atomic mass is 10.2. The van der Waals surface area contributed by atoms with E-state index in [2.05, 4.69) is 34.1 Å². The third-order valence-corrected chi connectivity index (χ3v) is 5.47. The van der Waals surface area contributed by atoms with Gasteiger partial charge in [0.25, 0.3) is 0 Å². The molecule has 1 heterocycles. The zero-order chi connectivity index (χ0) is 18.4. The molecule has 140 valence electrons. The summed E-state index contributed by atoms with van der Waals surface area (Å²) >= 11 is 0. The number of benzene rings is 2. The van der Waals surface area contributed by atoms with Crippen molar-refractivity contribution in [2.24, 2.45) is 5.14 Å². The predicted octanol–water partition coefficient (Wildman–Crippen LogP) is 1.53. The molecular formula is C19H25N3O3S. The Balaban J connectivity index is 1.37. The fraction of sp³-hybridized carbons (Fsp3) is 0.368. The molecule has 1 fully saturated rings. The first-order valence-corrected chi connectivity index (χ1v) is 10.3. The minimum Gasteiger partial charge on any atom is -0.492 e. The molecule has 7 heteroatoms. The van der Waals surface area contributed by atoms with Crippen molar-refractivity contribution in [2.45, 2.75) is 11.4 Å². The molecule has 0 aliphatic carbocycles. The number of hydrogen-bond acceptors (Lipinski definition) is 5. The summed E-state index contributed by atoms with van der Waals surface area (Å²) in [6, 6.07) is 16.7. The van der Waals surface area contributed by atoms with Gasteiger partial charge in [-0.25, -0.2) is 13.6 Å². The number of nitrogens with two attached hydrogens (primary N) is 1. The van der Waals surface area contributed by atoms with E-state index < -0.39 is 10.0 Å². The number of ether oxygens (including phenoxy) is 1. The lowest BCUT2D eigenvalue weighted by Gasteiger charge is -2.34. The smallest absolute Gasteiger partial charge is 0.238 e. The Morgan fingerprint density at radius 1 is 0.885 bits per heavy atom. The fourth-order valence-corrected chi connectivity index (χ4v) is 3.55. The molecule has 3 rings (SSSR count). The van der Waals surface area contributed by atoms with Crippen molar-refractivity contribution in [3.63, 3.8) is 0 Å². The monoisotopic (exact) mass is 375 g/mol. The highest BCUT2D eigenvalue weighted by Crippen LogP contribution is 2.15. The molecule has 0 atom stereocenters. The summed E-state index contributed by atoms with van der Waals surface area (Å²) < 4.78 is 28.2. The first-order valence-electron chi connectivity index (χ1n) is 8.75. The van der Waals surface area contributed by atoms with Gasteiger partial charge in [0.05, 0.1) is 4.90 Å². The SMILES string of the molecule is NS(=O)(=O)c1ccc(OCCN2CCN(Cc3ccccc3)CC2)cc1. The van der Waals surface area contributed by atoms with Gasteiger partial charge in [0.15, 0.2) is 0 Å². The van der Waals surface area contributed by atoms with E-state index in [-0.39, 0.29) is 4.90 Å². The fourth-order valence-electron chi connectivity index (χ4n) is 3.03. The average Bonchev–Trinajstić information content (AvgIpc) is 2.64. The molecule has 2 aromatic rings. The van der Waals surface area contributed by atoms with Gasteiger partial charge in [-0.3, -0.25) is 9.80 Å². The van der Waals surface area contributed by atoms with E-state index in [0.717, 1.165) is 39.3 Å². The maximum atomic E-state index is 11.2. The summed E-state index contributed by atoms with van der Waals surface area (Å²) in [5.41, 5.74) is 1.35. The normalized spacial score (nSPS) is 16.5. The van der Waals surface area contributed by atoms with E-state index >= 15 is 0 Å². The minimum atomic E-state index is -3.65. The third kappa shape index (κ3) is 5.54. The number of sulfonamides is 1. The van der Waals surface area contributed by atoms with Gasteiger partial charge in [-0.05, 0) is 29.8 Å². The van der Waals surface area contributed by atoms with Gasteiger partial charge in [0.1, 0.15) is 12.4 Å². The Labute approximate surface area is 155 Å². The van der Waals surface area contributed by atoms with Crippen LogP contribution in [0.1, 0.15) is 5.56 Å². The molecule has 6 nitrogen and oxygen atoms in total. The van der Waals surface area contributed by atoms with E-state index in [4.69, 9.17) is 9.88 Å². The minimum absolute atomic E-state index is 0.0967. The number of hydrogen-bond donors (Lipinski definition) is 1. The summed E-state index contributed by atoms with van der Waals surface area (Å²) in [4.78, 5) is 4.96. The Bertz CT molecular complexity index is 787. The molecule has 0 radical (unpaired) electrons. The Morgan fingerprint density at radius 3 is 2.12 bits per heavy atom. The van der Waals surface area contributed by atoms with Crippen LogP contribution in [0.4, 0.5) is 0 Å². The Morgan fingerprint density at radius 2 is 1.50 bits per heavy atom. The number of rotatable bonds is 7. The quantitative estimate of drug-likeness (QED) is 0.794. The van der Waals surface area contributed by atoms with Crippen molar-refractivity contribution >= 4 is 10.0 Å². The highest BCUT2D eigenvalue weighted by molar-refractivity contribution is 7.89. The summed E-state index contributed by atoms with van der Waals surface area (Å²) in [7, 11) is -3.65. The van der Waals surface area contributed by atoms with Crippen LogP contribution < -0.4 is 9.88 Å². The summed E-state index contributed by atoms with van der Waals surface area (Å²) in [5.74, 6) is 0.653. The van der Waals surface area contributed by atoms with Crippen LogP contribution in [0.2, 0.25) is 0 Å². The summed E-state index contributed by atoms with van der Waals surface area (Å²) in [5, 5.41) is 5.09. The molecule has 0 amide bonds. The lowest BCUT2D eigenvalue weighted by Crippen LogP contribution is -2.47. The number of nitrogens with zero attached hydrogens (tertiary/aromatic N) is 2. The standard InChI is InChI=1S/C19H25N3O3S/c20-26(23,24)19-8-6-18(7-9-19)25-15-14-21-10-12-22(13-11-21)16-17-4-2-1-3-5-17/h1-9H,10-16H2,(H2,20,23,24). The van der Waals surface area contributed by atoms with E-state index in [1.165, 1.54) is 17.7 Å². The molecule has 2 N–H and O–H groups in total. The maximum Gasteiger partial charge on any atom is 0.238 e. The third-order valence-electron chi connectivity index (χ3n) is 4.54. The van der Waals surface area contributed by atoms with Gasteiger partial charge in [-0.15, -0.1) is 0 Å². The van der Waals surface area contributed by atoms with Gasteiger partial charge in [0, 0.05) is 39.3 Å². The van der Waals surface area contributed by atoms with Crippen molar-refractivity contribution < 1.29 is 13.2 Å². The average molecular weight is 375 g/mol. The molecule has 26 heavy (non-hydrogen) atoms. The summed E-state index contributed by atoms with van der Waals surface area (Å²) in [6.45, 7) is 6.60. The largest absolute Gasteiger partial charge is 0.492 e. The van der Waals surface area contributed by atoms with Crippen molar-refractivity contribution in [2.75, 3.05) is 39.3 Å². The molecular weight excluding hydrogens is 350 g/mol. The Kier molecular flexibility index (Phi) is 6.26. The van der Waals surface area contributed by atoms with Crippen molar-refractivity contribution in [3.8, 4) is 5.75 Å². The van der Waals surface area contributed by atoms with Crippen LogP contribution in [0.25, 0.3) is 0 Å². The second kappa shape index (κ2) is 8.64. The summed E-state index contributed by atoms with van der Waals surface area (Å²) in [6.07, 6.45) is 0. The van der Waals surface area contributed by atoms with Gasteiger partial charge in [0.2, 0.25) is 10.0 Å². The zero-order valence-electron chi connectivity index (χ0n) is 14.8. The van der Waals surface area contributed by atoms with Crippen molar-refractivity contribution in [1.29, 1.82) is 0 Å². The van der Waals surface area contributed by atoms with Crippen LogP contribution >= 0.6 is 0 Å². The van der Waals surface area contributed by atoms with Crippen LogP contribution in [0.3, 0.4) is 0 Å². The highest BCUT2D eigenvalue weighted by atomic mass is 32.2. The van der Waals surface area contributed by atoms with Crippen LogP contribution in [-0.4, -0.2) is 57.5 Å². The van der Waals surface area contributed by atoms with Crippen LogP contribution in [0.5, 0.6) is 5.75 Å². The van der Waals surface area contributed by atoms with E-state index in [0.29, 0.717) is 12.4 Å². The molecule has 0 spiro atoms. The zero-order valence-corrected chi connectivity index (χ0v) is 15.6. The van der Waals surface area contributed by atoms with Gasteiger partial charge >= 0.3 is 0 Å². The predicted molar refractivity (Wildman–Crippen MR) is 101 cm³/mol. The molecule has 0 bridgehead atoms. The van der Waals surface area contributed by atoms with Crippen LogP contribution in [0.15, 0.2) is 59.5 Å². The van der Waals surface area contributed by atoms with E-state index in [1.54, 1.807) is 12.1 Å². The highest BCUT2D eigenvalue weighted by Gasteiger charge is 2.16. The first-order chi connectivity index (χ1) is 12.5. The number of primary sulfonamides is 1. The second-order valence-electron chi connectivity index (χ2n) is 6.47. The van der Waals surface area contributed by atoms with Gasteiger partial charge < -0.3 is 4.74 Å². The van der Waals surface area contributed by atoms with E-state index in [1.807, 2.05) is 6.07 Å². The molecule has 0 unspecified atom stereocenters. The molecule has 1 saturated heterocycles.